The fourth-order valence-electron chi connectivity index (χ4n) is 2.44. The van der Waals surface area contributed by atoms with Crippen LogP contribution in [0.3, 0.4) is 0 Å². The van der Waals surface area contributed by atoms with Crippen LogP contribution in [-0.4, -0.2) is 63.7 Å². The smallest absolute Gasteiger partial charge is 0.243 e. The highest BCUT2D eigenvalue weighted by Crippen LogP contribution is 2.26. The minimum atomic E-state index is -0.145. The Bertz CT molecular complexity index is 775. The zero-order valence-corrected chi connectivity index (χ0v) is 17.5. The van der Waals surface area contributed by atoms with Gasteiger partial charge >= 0.3 is 0 Å². The second-order valence-electron chi connectivity index (χ2n) is 6.67. The van der Waals surface area contributed by atoms with E-state index in [1.54, 1.807) is 27.5 Å². The van der Waals surface area contributed by atoms with Crippen LogP contribution in [0.1, 0.15) is 12.7 Å². The number of amides is 1. The van der Waals surface area contributed by atoms with Gasteiger partial charge in [0, 0.05) is 27.1 Å². The Hall–Kier alpha value is -3.16. The van der Waals surface area contributed by atoms with Crippen LogP contribution in [0.25, 0.3) is 0 Å². The number of carbonyl (C=O) groups is 1. The lowest BCUT2D eigenvalue weighted by Gasteiger charge is -2.19. The molecule has 8 nitrogen and oxygen atoms in total. The number of hydrogen-bond acceptors (Lipinski definition) is 5. The minimum Gasteiger partial charge on any atom is -0.493 e. The molecule has 0 spiro atoms. The molecule has 0 fully saturated rings. The molecular weight excluding hydrogens is 372 g/mol. The monoisotopic (exact) mass is 402 g/mol. The van der Waals surface area contributed by atoms with Crippen LogP contribution in [-0.2, 0) is 11.2 Å². The van der Waals surface area contributed by atoms with Crippen molar-refractivity contribution in [2.45, 2.75) is 19.4 Å². The summed E-state index contributed by atoms with van der Waals surface area (Å²) in [5.74, 6) is 2.71. The summed E-state index contributed by atoms with van der Waals surface area (Å²) >= 11 is 0. The molecule has 2 aromatic rings. The van der Waals surface area contributed by atoms with Gasteiger partial charge in [-0.1, -0.05) is 12.1 Å². The topological polar surface area (TPSA) is 88.3 Å². The van der Waals surface area contributed by atoms with Crippen LogP contribution in [0.15, 0.2) is 52.1 Å². The third-order valence-corrected chi connectivity index (χ3v) is 4.07. The number of hydrogen-bond donors (Lipinski definition) is 2. The van der Waals surface area contributed by atoms with Gasteiger partial charge in [0.25, 0.3) is 0 Å². The van der Waals surface area contributed by atoms with Crippen molar-refractivity contribution in [1.82, 2.24) is 15.5 Å². The van der Waals surface area contributed by atoms with Crippen molar-refractivity contribution in [3.05, 3.63) is 48.4 Å². The molecule has 1 aromatic carbocycles. The van der Waals surface area contributed by atoms with Crippen LogP contribution < -0.4 is 20.1 Å². The molecule has 1 amide bonds. The SMILES string of the molecule is COc1ccccc1OC(C)CNC(=NCC(=O)N(C)C)NCCc1ccco1. The summed E-state index contributed by atoms with van der Waals surface area (Å²) in [6, 6.07) is 11.3. The van der Waals surface area contributed by atoms with Gasteiger partial charge in [-0.3, -0.25) is 4.79 Å². The summed E-state index contributed by atoms with van der Waals surface area (Å²) in [6.45, 7) is 3.13. The molecule has 1 atom stereocenters. The van der Waals surface area contributed by atoms with Gasteiger partial charge in [0.05, 0.1) is 19.9 Å². The summed E-state index contributed by atoms with van der Waals surface area (Å²) in [5, 5.41) is 6.45. The number of methoxy groups -OCH3 is 1. The molecule has 1 aromatic heterocycles. The molecule has 8 heteroatoms. The number of furan rings is 1. The number of ether oxygens (including phenoxy) is 2. The lowest BCUT2D eigenvalue weighted by atomic mass is 10.3. The molecule has 0 saturated heterocycles. The molecule has 0 saturated carbocycles. The van der Waals surface area contributed by atoms with Crippen molar-refractivity contribution in [1.29, 1.82) is 0 Å². The Morgan fingerprint density at radius 1 is 1.17 bits per heavy atom. The van der Waals surface area contributed by atoms with Crippen molar-refractivity contribution in [2.75, 3.05) is 40.8 Å². The van der Waals surface area contributed by atoms with Gasteiger partial charge in [-0.25, -0.2) is 4.99 Å². The van der Waals surface area contributed by atoms with Gasteiger partial charge < -0.3 is 29.4 Å². The van der Waals surface area contributed by atoms with Crippen LogP contribution >= 0.6 is 0 Å². The number of nitrogens with zero attached hydrogens (tertiary/aromatic N) is 2. The van der Waals surface area contributed by atoms with Crippen LogP contribution in [0.2, 0.25) is 0 Å². The number of guanidine groups is 1. The first-order valence-electron chi connectivity index (χ1n) is 9.54. The lowest BCUT2D eigenvalue weighted by molar-refractivity contribution is -0.127. The third-order valence-electron chi connectivity index (χ3n) is 4.07. The second-order valence-corrected chi connectivity index (χ2v) is 6.67. The van der Waals surface area contributed by atoms with Crippen LogP contribution in [0.4, 0.5) is 0 Å². The molecule has 2 N–H and O–H groups in total. The zero-order valence-electron chi connectivity index (χ0n) is 17.5. The van der Waals surface area contributed by atoms with Crippen molar-refractivity contribution in [2.24, 2.45) is 4.99 Å². The van der Waals surface area contributed by atoms with Gasteiger partial charge in [-0.15, -0.1) is 0 Å². The van der Waals surface area contributed by atoms with E-state index in [-0.39, 0.29) is 18.6 Å². The fourth-order valence-corrected chi connectivity index (χ4v) is 2.44. The van der Waals surface area contributed by atoms with E-state index in [1.807, 2.05) is 43.3 Å². The average Bonchev–Trinajstić information content (AvgIpc) is 3.23. The van der Waals surface area contributed by atoms with Gasteiger partial charge in [-0.2, -0.15) is 0 Å². The number of benzene rings is 1. The highest BCUT2D eigenvalue weighted by atomic mass is 16.5. The molecule has 0 aliphatic carbocycles. The maximum absolute atomic E-state index is 11.9. The van der Waals surface area contributed by atoms with Gasteiger partial charge in [-0.05, 0) is 31.2 Å². The quantitative estimate of drug-likeness (QED) is 0.466. The van der Waals surface area contributed by atoms with E-state index in [0.29, 0.717) is 37.0 Å². The second kappa shape index (κ2) is 11.6. The van der Waals surface area contributed by atoms with Gasteiger partial charge in [0.1, 0.15) is 18.4 Å². The Morgan fingerprint density at radius 2 is 1.93 bits per heavy atom. The lowest BCUT2D eigenvalue weighted by Crippen LogP contribution is -2.43. The van der Waals surface area contributed by atoms with Crippen molar-refractivity contribution in [3.8, 4) is 11.5 Å². The predicted molar refractivity (Wildman–Crippen MR) is 112 cm³/mol. The first kappa shape index (κ1) is 22.1. The predicted octanol–water partition coefficient (Wildman–Crippen LogP) is 1.92. The first-order valence-corrected chi connectivity index (χ1v) is 9.54. The summed E-state index contributed by atoms with van der Waals surface area (Å²) in [6.07, 6.45) is 2.21. The number of rotatable bonds is 10. The van der Waals surface area contributed by atoms with Crippen molar-refractivity contribution >= 4 is 11.9 Å². The largest absolute Gasteiger partial charge is 0.493 e. The van der Waals surface area contributed by atoms with Crippen molar-refractivity contribution < 1.29 is 18.7 Å². The van der Waals surface area contributed by atoms with Crippen molar-refractivity contribution in [3.63, 3.8) is 0 Å². The van der Waals surface area contributed by atoms with Crippen LogP contribution in [0.5, 0.6) is 11.5 Å². The normalized spacial score (nSPS) is 12.2. The highest BCUT2D eigenvalue weighted by molar-refractivity contribution is 5.84. The number of likely N-dealkylation sites (N-methyl/N-ethyl adjacent to an activating group) is 1. The number of aliphatic imine (C=N–C) groups is 1. The zero-order chi connectivity index (χ0) is 21.1. The number of para-hydroxylation sites is 2. The van der Waals surface area contributed by atoms with Crippen LogP contribution in [0, 0.1) is 0 Å². The molecule has 0 aliphatic heterocycles. The Balaban J connectivity index is 1.90. The molecule has 0 aliphatic rings. The molecule has 1 heterocycles. The molecular formula is C21H30N4O4. The fraction of sp³-hybridized carbons (Fsp3) is 0.429. The van der Waals surface area contributed by atoms with E-state index < -0.39 is 0 Å². The molecule has 0 radical (unpaired) electrons. The average molecular weight is 402 g/mol. The van der Waals surface area contributed by atoms with E-state index in [2.05, 4.69) is 15.6 Å². The highest BCUT2D eigenvalue weighted by Gasteiger charge is 2.10. The van der Waals surface area contributed by atoms with E-state index in [1.165, 1.54) is 4.90 Å². The van der Waals surface area contributed by atoms with E-state index in [9.17, 15) is 4.79 Å². The summed E-state index contributed by atoms with van der Waals surface area (Å²) < 4.78 is 16.6. The molecule has 0 bridgehead atoms. The van der Waals surface area contributed by atoms with Gasteiger partial charge in [0.15, 0.2) is 17.5 Å². The molecule has 2 rings (SSSR count). The number of nitrogens with one attached hydrogen (secondary N) is 2. The van der Waals surface area contributed by atoms with E-state index in [0.717, 1.165) is 5.76 Å². The van der Waals surface area contributed by atoms with Gasteiger partial charge in [0.2, 0.25) is 5.91 Å². The Kier molecular flexibility index (Phi) is 8.88. The third kappa shape index (κ3) is 7.77. The molecule has 29 heavy (non-hydrogen) atoms. The summed E-state index contributed by atoms with van der Waals surface area (Å²) in [4.78, 5) is 17.7. The Labute approximate surface area is 171 Å². The summed E-state index contributed by atoms with van der Waals surface area (Å²) in [5.41, 5.74) is 0. The number of carbonyl (C=O) groups excluding carboxylic acids is 1. The standard InChI is InChI=1S/C21H30N4O4/c1-16(29-19-10-6-5-9-18(19)27-4)14-23-21(24-15-20(26)25(2)3)22-12-11-17-8-7-13-28-17/h5-10,13,16H,11-12,14-15H2,1-4H3,(H2,22,23,24). The van der Waals surface area contributed by atoms with E-state index >= 15 is 0 Å². The maximum Gasteiger partial charge on any atom is 0.243 e. The van der Waals surface area contributed by atoms with E-state index in [4.69, 9.17) is 13.9 Å². The maximum atomic E-state index is 11.9. The molecule has 1 unspecified atom stereocenters. The minimum absolute atomic E-state index is 0.0603. The first-order chi connectivity index (χ1) is 14.0. The Morgan fingerprint density at radius 3 is 2.59 bits per heavy atom. The molecule has 158 valence electrons. The summed E-state index contributed by atoms with van der Waals surface area (Å²) in [7, 11) is 5.03.